The SMILES string of the molecule is CC.CC12CN(Cc3cccc(-n4cccn4)c3)CCC1(c1ccc3ncc(N4CCC(=O)NC4=O)cc3c1F)O2.[As]I. The van der Waals surface area contributed by atoms with E-state index in [1.807, 2.05) is 49.8 Å². The fourth-order valence-corrected chi connectivity index (χ4v) is 6.17. The van der Waals surface area contributed by atoms with E-state index in [1.165, 1.54) is 16.7 Å². The molecule has 0 saturated carbocycles. The molecule has 5 heterocycles. The Bertz CT molecular complexity index is 1640. The van der Waals surface area contributed by atoms with E-state index in [2.05, 4.69) is 66.1 Å². The molecule has 4 aromatic rings. The van der Waals surface area contributed by atoms with Gasteiger partial charge in [0, 0.05) is 55.9 Å². The monoisotopic (exact) mass is 758 g/mol. The Morgan fingerprint density at radius 1 is 1.09 bits per heavy atom. The third kappa shape index (κ3) is 5.96. The average Bonchev–Trinajstić information content (AvgIpc) is 3.33. The molecule has 9 nitrogen and oxygen atoms in total. The number of urea groups is 1. The molecule has 1 N–H and O–H groups in total. The number of rotatable bonds is 5. The van der Waals surface area contributed by atoms with E-state index in [9.17, 15) is 9.59 Å². The molecule has 3 saturated heterocycles. The van der Waals surface area contributed by atoms with Crippen molar-refractivity contribution in [1.29, 1.82) is 0 Å². The van der Waals surface area contributed by atoms with Crippen molar-refractivity contribution in [2.75, 3.05) is 24.5 Å². The van der Waals surface area contributed by atoms with Crippen LogP contribution in [0.1, 0.15) is 44.7 Å². The molecule has 3 amide bonds. The van der Waals surface area contributed by atoms with E-state index >= 15 is 4.39 Å². The van der Waals surface area contributed by atoms with Crippen LogP contribution in [0.4, 0.5) is 14.9 Å². The summed E-state index contributed by atoms with van der Waals surface area (Å²) in [5.74, 6) is -0.695. The predicted octanol–water partition coefficient (Wildman–Crippen LogP) is 5.43. The van der Waals surface area contributed by atoms with Crippen molar-refractivity contribution in [1.82, 2.24) is 25.0 Å². The number of fused-ring (bicyclic) bond motifs is 2. The molecule has 3 fully saturated rings. The van der Waals surface area contributed by atoms with Gasteiger partial charge in [0.25, 0.3) is 0 Å². The number of halogens is 2. The molecule has 12 heteroatoms. The number of aromatic nitrogens is 3. The number of nitrogens with zero attached hydrogens (tertiary/aromatic N) is 5. The molecular weight excluding hydrogens is 725 g/mol. The summed E-state index contributed by atoms with van der Waals surface area (Å²) in [7, 11) is 0. The Balaban J connectivity index is 0.000000885. The Labute approximate surface area is 270 Å². The number of hydrogen-bond acceptors (Lipinski definition) is 6. The Kier molecular flexibility index (Phi) is 9.55. The summed E-state index contributed by atoms with van der Waals surface area (Å²) in [4.78, 5) is 32.0. The molecule has 0 aliphatic carbocycles. The third-order valence-corrected chi connectivity index (χ3v) is 8.19. The number of hydrogen-bond donors (Lipinski definition) is 1. The third-order valence-electron chi connectivity index (χ3n) is 8.19. The molecule has 2 unspecified atom stereocenters. The Morgan fingerprint density at radius 2 is 1.91 bits per heavy atom. The first-order valence-electron chi connectivity index (χ1n) is 14.2. The zero-order valence-corrected chi connectivity index (χ0v) is 28.3. The summed E-state index contributed by atoms with van der Waals surface area (Å²) < 4.78 is 24.3. The van der Waals surface area contributed by atoms with Crippen molar-refractivity contribution >= 4 is 62.2 Å². The van der Waals surface area contributed by atoms with E-state index in [4.69, 9.17) is 4.74 Å². The number of anilines is 1. The Morgan fingerprint density at radius 3 is 2.63 bits per heavy atom. The van der Waals surface area contributed by atoms with Crippen LogP contribution in [0.3, 0.4) is 0 Å². The summed E-state index contributed by atoms with van der Waals surface area (Å²) >= 11 is 4.37. The van der Waals surface area contributed by atoms with Crippen molar-refractivity contribution in [3.05, 3.63) is 84.1 Å². The van der Waals surface area contributed by atoms with Crippen LogP contribution in [0, 0.1) is 5.82 Å². The molecule has 224 valence electrons. The molecule has 3 aliphatic heterocycles. The van der Waals surface area contributed by atoms with Crippen LogP contribution in [-0.4, -0.2) is 70.3 Å². The van der Waals surface area contributed by atoms with E-state index in [-0.39, 0.29) is 24.7 Å². The van der Waals surface area contributed by atoms with Crippen molar-refractivity contribution in [3.8, 4) is 5.69 Å². The number of nitrogens with one attached hydrogen (secondary N) is 1. The van der Waals surface area contributed by atoms with E-state index < -0.39 is 17.2 Å². The van der Waals surface area contributed by atoms with Gasteiger partial charge >= 0.3 is 39.7 Å². The van der Waals surface area contributed by atoms with Gasteiger partial charge in [-0.2, -0.15) is 5.10 Å². The number of amides is 3. The number of benzene rings is 2. The summed E-state index contributed by atoms with van der Waals surface area (Å²) in [6.45, 7) is 8.48. The first-order chi connectivity index (χ1) is 20.8. The van der Waals surface area contributed by atoms with Crippen LogP contribution < -0.4 is 10.2 Å². The average molecular weight is 758 g/mol. The van der Waals surface area contributed by atoms with Crippen LogP contribution in [0.25, 0.3) is 16.6 Å². The number of ether oxygens (including phenoxy) is 1. The van der Waals surface area contributed by atoms with Gasteiger partial charge < -0.3 is 4.74 Å². The second kappa shape index (κ2) is 13.0. The maximum atomic E-state index is 16.1. The number of likely N-dealkylation sites (tertiary alicyclic amines) is 1. The van der Waals surface area contributed by atoms with Gasteiger partial charge in [0.1, 0.15) is 17.0 Å². The van der Waals surface area contributed by atoms with Crippen LogP contribution in [-0.2, 0) is 21.7 Å². The van der Waals surface area contributed by atoms with Gasteiger partial charge in [0.15, 0.2) is 0 Å². The van der Waals surface area contributed by atoms with E-state index in [0.29, 0.717) is 35.1 Å². The van der Waals surface area contributed by atoms with Crippen LogP contribution in [0.15, 0.2) is 67.1 Å². The topological polar surface area (TPSA) is 95.9 Å². The summed E-state index contributed by atoms with van der Waals surface area (Å²) in [5, 5.41) is 6.96. The van der Waals surface area contributed by atoms with Crippen molar-refractivity contribution < 1.29 is 18.7 Å². The number of pyridine rings is 1. The minimum atomic E-state index is -0.705. The standard InChI is InChI=1S/C29H27FN6O3.C2H6.AsI/c1-28-18-34(17-19-4-2-5-20(14-19)36-11-3-10-32-36)13-9-29(28,39-28)23-6-7-24-22(26(23)30)15-21(16-31-24)35-12-8-25(37)33-27(35)38;2*1-2/h2-7,10-11,14-16H,8-9,12-13,17-18H2,1H3,(H,33,37,38);1-2H3;. The maximum absolute atomic E-state index is 16.1. The quantitative estimate of drug-likeness (QED) is 0.166. The summed E-state index contributed by atoms with van der Waals surface area (Å²) in [6, 6.07) is 14.9. The zero-order valence-electron chi connectivity index (χ0n) is 24.3. The molecule has 7 rings (SSSR count). The van der Waals surface area contributed by atoms with Crippen LogP contribution >= 0.6 is 20.1 Å². The van der Waals surface area contributed by atoms with Crippen LogP contribution in [0.2, 0.25) is 0 Å². The number of epoxide rings is 1. The first-order valence-corrected chi connectivity index (χ1v) is 20.0. The number of piperidine rings is 1. The molecule has 2 atom stereocenters. The van der Waals surface area contributed by atoms with Gasteiger partial charge in [-0.1, -0.05) is 32.0 Å². The molecular formula is C31H33AsFIN6O3. The fourth-order valence-electron chi connectivity index (χ4n) is 6.17. The first kappa shape index (κ1) is 31.6. The van der Waals surface area contributed by atoms with Gasteiger partial charge in [-0.15, -0.1) is 0 Å². The second-order valence-corrected chi connectivity index (χ2v) is 10.7. The molecule has 3 aliphatic rings. The van der Waals surface area contributed by atoms with Crippen molar-refractivity contribution in [3.63, 3.8) is 0 Å². The van der Waals surface area contributed by atoms with Gasteiger partial charge in [-0.05, 0) is 49.2 Å². The number of carbonyl (C=O) groups is 2. The molecule has 2 aromatic heterocycles. The van der Waals surface area contributed by atoms with Gasteiger partial charge in [-0.3, -0.25) is 24.9 Å². The summed E-state index contributed by atoms with van der Waals surface area (Å²) in [5.41, 5.74) is 2.45. The van der Waals surface area contributed by atoms with Crippen LogP contribution in [0.5, 0.6) is 0 Å². The molecule has 43 heavy (non-hydrogen) atoms. The van der Waals surface area contributed by atoms with Crippen molar-refractivity contribution in [2.45, 2.75) is 51.4 Å². The Hall–Kier alpha value is -2.86. The second-order valence-electron chi connectivity index (χ2n) is 10.7. The number of carbonyl (C=O) groups excluding carboxylic acids is 2. The summed E-state index contributed by atoms with van der Waals surface area (Å²) in [6.07, 6.45) is 6.07. The molecule has 0 bridgehead atoms. The predicted molar refractivity (Wildman–Crippen MR) is 173 cm³/mol. The van der Waals surface area contributed by atoms with Gasteiger partial charge in [0.05, 0.1) is 23.1 Å². The zero-order chi connectivity index (χ0) is 30.8. The molecule has 0 spiro atoms. The van der Waals surface area contributed by atoms with E-state index in [1.54, 1.807) is 24.4 Å². The normalized spacial score (nSPS) is 23.0. The fraction of sp³-hybridized carbons (Fsp3) is 0.355. The minimum absolute atomic E-state index is 0.186. The van der Waals surface area contributed by atoms with Gasteiger partial charge in [0.2, 0.25) is 5.91 Å². The van der Waals surface area contributed by atoms with E-state index in [0.717, 1.165) is 18.8 Å². The molecule has 2 aromatic carbocycles. The van der Waals surface area contributed by atoms with Gasteiger partial charge in [-0.25, -0.2) is 13.9 Å². The van der Waals surface area contributed by atoms with Crippen molar-refractivity contribution in [2.24, 2.45) is 0 Å². The molecule has 2 radical (unpaired) electrons. The number of imide groups is 1.